The van der Waals surface area contributed by atoms with Gasteiger partial charge in [0, 0.05) is 6.04 Å². The Morgan fingerprint density at radius 3 is 2.21 bits per heavy atom. The van der Waals surface area contributed by atoms with Crippen molar-refractivity contribution in [2.24, 2.45) is 0 Å². The van der Waals surface area contributed by atoms with E-state index in [2.05, 4.69) is 5.32 Å². The number of nitrogens with one attached hydrogen (secondary N) is 1. The Labute approximate surface area is 113 Å². The molecule has 0 radical (unpaired) electrons. The van der Waals surface area contributed by atoms with Crippen molar-refractivity contribution < 1.29 is 9.13 Å². The molecule has 2 rings (SSSR count). The summed E-state index contributed by atoms with van der Waals surface area (Å²) in [6, 6.07) is 14.8. The first-order valence-electron chi connectivity index (χ1n) is 6.28. The van der Waals surface area contributed by atoms with E-state index in [4.69, 9.17) is 4.74 Å². The number of hydrogen-bond acceptors (Lipinski definition) is 2. The predicted octanol–water partition coefficient (Wildman–Crippen LogP) is 3.34. The van der Waals surface area contributed by atoms with Crippen LogP contribution in [0.5, 0.6) is 5.75 Å². The van der Waals surface area contributed by atoms with Crippen molar-refractivity contribution in [3.05, 3.63) is 65.5 Å². The minimum atomic E-state index is -0.200. The fourth-order valence-corrected chi connectivity index (χ4v) is 2.08. The Bertz CT molecular complexity index is 507. The fraction of sp³-hybridized carbons (Fsp3) is 0.250. The zero-order chi connectivity index (χ0) is 13.7. The third-order valence-corrected chi connectivity index (χ3v) is 3.22. The summed E-state index contributed by atoms with van der Waals surface area (Å²) < 4.78 is 18.0. The summed E-state index contributed by atoms with van der Waals surface area (Å²) in [6.45, 7) is 0. The van der Waals surface area contributed by atoms with E-state index < -0.39 is 0 Å². The lowest BCUT2D eigenvalue weighted by molar-refractivity contribution is 0.414. The number of ether oxygens (including phenoxy) is 1. The van der Waals surface area contributed by atoms with Crippen molar-refractivity contribution in [2.45, 2.75) is 12.5 Å². The van der Waals surface area contributed by atoms with Crippen LogP contribution in [0.4, 0.5) is 4.39 Å². The van der Waals surface area contributed by atoms with Gasteiger partial charge in [0.2, 0.25) is 0 Å². The Kier molecular flexibility index (Phi) is 4.53. The van der Waals surface area contributed by atoms with Gasteiger partial charge in [-0.2, -0.15) is 0 Å². The summed E-state index contributed by atoms with van der Waals surface area (Å²) in [6.07, 6.45) is 0.823. The Morgan fingerprint density at radius 2 is 1.68 bits per heavy atom. The summed E-state index contributed by atoms with van der Waals surface area (Å²) in [5.41, 5.74) is 2.30. The minimum absolute atomic E-state index is 0.200. The second-order valence-electron chi connectivity index (χ2n) is 4.45. The van der Waals surface area contributed by atoms with E-state index in [-0.39, 0.29) is 11.9 Å². The molecule has 0 spiro atoms. The molecule has 0 amide bonds. The van der Waals surface area contributed by atoms with Crippen LogP contribution in [0.1, 0.15) is 17.2 Å². The molecular weight excluding hydrogens is 241 g/mol. The molecule has 0 aliphatic rings. The van der Waals surface area contributed by atoms with Crippen molar-refractivity contribution in [3.8, 4) is 5.75 Å². The van der Waals surface area contributed by atoms with Gasteiger partial charge in [0.1, 0.15) is 11.6 Å². The van der Waals surface area contributed by atoms with Gasteiger partial charge in [0.05, 0.1) is 7.11 Å². The van der Waals surface area contributed by atoms with Crippen molar-refractivity contribution in [1.82, 2.24) is 5.32 Å². The smallest absolute Gasteiger partial charge is 0.123 e. The van der Waals surface area contributed by atoms with Gasteiger partial charge in [0.15, 0.2) is 0 Å². The highest BCUT2D eigenvalue weighted by molar-refractivity contribution is 5.30. The summed E-state index contributed by atoms with van der Waals surface area (Å²) in [7, 11) is 3.58. The van der Waals surface area contributed by atoms with Crippen molar-refractivity contribution in [1.29, 1.82) is 0 Å². The number of halogens is 1. The second-order valence-corrected chi connectivity index (χ2v) is 4.45. The first-order chi connectivity index (χ1) is 9.22. The molecule has 1 unspecified atom stereocenters. The van der Waals surface area contributed by atoms with E-state index in [1.165, 1.54) is 17.7 Å². The largest absolute Gasteiger partial charge is 0.497 e. The molecule has 3 heteroatoms. The van der Waals surface area contributed by atoms with Crippen LogP contribution in [0.2, 0.25) is 0 Å². The van der Waals surface area contributed by atoms with E-state index in [1.54, 1.807) is 7.11 Å². The molecule has 2 nitrogen and oxygen atoms in total. The highest BCUT2D eigenvalue weighted by atomic mass is 19.1. The predicted molar refractivity (Wildman–Crippen MR) is 74.9 cm³/mol. The van der Waals surface area contributed by atoms with Gasteiger partial charge >= 0.3 is 0 Å². The van der Waals surface area contributed by atoms with E-state index in [0.717, 1.165) is 17.7 Å². The van der Waals surface area contributed by atoms with Crippen LogP contribution in [0.15, 0.2) is 48.5 Å². The Balaban J connectivity index is 2.12. The van der Waals surface area contributed by atoms with Crippen LogP contribution < -0.4 is 10.1 Å². The molecule has 0 aliphatic heterocycles. The highest BCUT2D eigenvalue weighted by Gasteiger charge is 2.10. The van der Waals surface area contributed by atoms with Crippen LogP contribution >= 0.6 is 0 Å². The van der Waals surface area contributed by atoms with Crippen LogP contribution in [0.3, 0.4) is 0 Å². The molecule has 0 heterocycles. The van der Waals surface area contributed by atoms with E-state index in [9.17, 15) is 4.39 Å². The van der Waals surface area contributed by atoms with Gasteiger partial charge in [-0.3, -0.25) is 0 Å². The summed E-state index contributed by atoms with van der Waals surface area (Å²) in [4.78, 5) is 0. The van der Waals surface area contributed by atoms with E-state index in [0.29, 0.717) is 0 Å². The third kappa shape index (κ3) is 3.55. The van der Waals surface area contributed by atoms with Crippen molar-refractivity contribution in [2.75, 3.05) is 14.2 Å². The molecule has 0 bridgehead atoms. The molecule has 19 heavy (non-hydrogen) atoms. The van der Waals surface area contributed by atoms with Gasteiger partial charge in [0.25, 0.3) is 0 Å². The summed E-state index contributed by atoms with van der Waals surface area (Å²) in [5.74, 6) is 0.648. The number of likely N-dealkylation sites (N-methyl/N-ethyl adjacent to an activating group) is 1. The van der Waals surface area contributed by atoms with Gasteiger partial charge < -0.3 is 10.1 Å². The Hall–Kier alpha value is -1.87. The monoisotopic (exact) mass is 259 g/mol. The molecule has 0 aromatic heterocycles. The van der Waals surface area contributed by atoms with E-state index >= 15 is 0 Å². The van der Waals surface area contributed by atoms with Crippen molar-refractivity contribution >= 4 is 0 Å². The minimum Gasteiger partial charge on any atom is -0.497 e. The SMILES string of the molecule is CNC(Cc1ccc(F)cc1)c1ccc(OC)cc1. The second kappa shape index (κ2) is 6.34. The van der Waals surface area contributed by atoms with Gasteiger partial charge in [-0.05, 0) is 48.9 Å². The molecule has 0 saturated heterocycles. The molecule has 1 atom stereocenters. The average molecular weight is 259 g/mol. The summed E-state index contributed by atoms with van der Waals surface area (Å²) >= 11 is 0. The third-order valence-electron chi connectivity index (χ3n) is 3.22. The number of methoxy groups -OCH3 is 1. The van der Waals surface area contributed by atoms with Crippen LogP contribution in [-0.2, 0) is 6.42 Å². The molecule has 1 N–H and O–H groups in total. The van der Waals surface area contributed by atoms with E-state index in [1.807, 2.05) is 43.4 Å². The van der Waals surface area contributed by atoms with Crippen LogP contribution in [0.25, 0.3) is 0 Å². The zero-order valence-electron chi connectivity index (χ0n) is 11.2. The lowest BCUT2D eigenvalue weighted by atomic mass is 9.99. The lowest BCUT2D eigenvalue weighted by Crippen LogP contribution is -2.18. The molecule has 0 fully saturated rings. The number of benzene rings is 2. The average Bonchev–Trinajstić information content (AvgIpc) is 2.47. The number of rotatable bonds is 5. The van der Waals surface area contributed by atoms with Gasteiger partial charge in [-0.25, -0.2) is 4.39 Å². The first kappa shape index (κ1) is 13.6. The first-order valence-corrected chi connectivity index (χ1v) is 6.28. The zero-order valence-corrected chi connectivity index (χ0v) is 11.2. The quantitative estimate of drug-likeness (QED) is 0.889. The maximum absolute atomic E-state index is 12.9. The normalized spacial score (nSPS) is 12.2. The van der Waals surface area contributed by atoms with Crippen molar-refractivity contribution in [3.63, 3.8) is 0 Å². The molecule has 2 aromatic rings. The number of hydrogen-bond donors (Lipinski definition) is 1. The molecule has 100 valence electrons. The standard InChI is InChI=1S/C16H18FNO/c1-18-16(11-12-3-7-14(17)8-4-12)13-5-9-15(19-2)10-6-13/h3-10,16,18H,11H2,1-2H3. The topological polar surface area (TPSA) is 21.3 Å². The fourth-order valence-electron chi connectivity index (χ4n) is 2.08. The molecular formula is C16H18FNO. The molecule has 0 aliphatic carbocycles. The molecule has 2 aromatic carbocycles. The maximum Gasteiger partial charge on any atom is 0.123 e. The lowest BCUT2D eigenvalue weighted by Gasteiger charge is -2.17. The molecule has 0 saturated carbocycles. The maximum atomic E-state index is 12.9. The van der Waals surface area contributed by atoms with Crippen LogP contribution in [-0.4, -0.2) is 14.2 Å². The highest BCUT2D eigenvalue weighted by Crippen LogP contribution is 2.21. The van der Waals surface area contributed by atoms with Gasteiger partial charge in [-0.1, -0.05) is 24.3 Å². The van der Waals surface area contributed by atoms with Gasteiger partial charge in [-0.15, -0.1) is 0 Å². The summed E-state index contributed by atoms with van der Waals surface area (Å²) in [5, 5.41) is 3.28. The Morgan fingerprint density at radius 1 is 1.05 bits per heavy atom. The van der Waals surface area contributed by atoms with Crippen LogP contribution in [0, 0.1) is 5.82 Å².